The highest BCUT2D eigenvalue weighted by Crippen LogP contribution is 2.36. The second-order valence-corrected chi connectivity index (χ2v) is 9.03. The molecule has 2 unspecified atom stereocenters. The summed E-state index contributed by atoms with van der Waals surface area (Å²) in [5, 5.41) is 8.17. The maximum absolute atomic E-state index is 13.3. The van der Waals surface area contributed by atoms with E-state index in [4.69, 9.17) is 4.74 Å². The Morgan fingerprint density at radius 3 is 2.49 bits per heavy atom. The molecule has 8 nitrogen and oxygen atoms in total. The van der Waals surface area contributed by atoms with Crippen LogP contribution in [0.15, 0.2) is 78.2 Å². The van der Waals surface area contributed by atoms with Crippen LogP contribution in [-0.2, 0) is 0 Å². The van der Waals surface area contributed by atoms with Crippen molar-refractivity contribution in [2.45, 2.75) is 31.4 Å². The minimum Gasteiger partial charge on any atom is -0.493 e. The number of nitrogens with one attached hydrogen (secondary N) is 1. The van der Waals surface area contributed by atoms with Gasteiger partial charge in [-0.15, -0.1) is 0 Å². The second kappa shape index (κ2) is 11.8. The van der Waals surface area contributed by atoms with E-state index in [-0.39, 0.29) is 22.0 Å². The largest absolute Gasteiger partial charge is 0.493 e. The first-order valence-electron chi connectivity index (χ1n) is 11.4. The van der Waals surface area contributed by atoms with E-state index in [1.54, 1.807) is 48.5 Å². The standard InChI is InChI=1S/C26H24F2N4O4S/c1-3-21-22(18-9-10-19(36-25(27)28)20(15-18)35-2)31-32(26(34)37-21)23(16-7-5-4-6-8-16)30-24(33)17-11-13-29-14-12-17/h4-15,21,23,25H,3H2,1-2H3,(H,30,33). The zero-order valence-corrected chi connectivity index (χ0v) is 20.8. The van der Waals surface area contributed by atoms with Crippen LogP contribution in [0.4, 0.5) is 13.6 Å². The molecule has 2 atom stereocenters. The van der Waals surface area contributed by atoms with Crippen molar-refractivity contribution in [1.29, 1.82) is 0 Å². The van der Waals surface area contributed by atoms with Crippen LogP contribution in [0.5, 0.6) is 11.5 Å². The zero-order chi connectivity index (χ0) is 26.4. The van der Waals surface area contributed by atoms with E-state index in [1.807, 2.05) is 13.0 Å². The molecule has 1 aliphatic heterocycles. The summed E-state index contributed by atoms with van der Waals surface area (Å²) in [5.41, 5.74) is 2.13. The van der Waals surface area contributed by atoms with E-state index in [2.05, 4.69) is 20.1 Å². The van der Waals surface area contributed by atoms with Gasteiger partial charge in [-0.25, -0.2) is 0 Å². The highest BCUT2D eigenvalue weighted by Gasteiger charge is 2.36. The van der Waals surface area contributed by atoms with Crippen molar-refractivity contribution in [3.05, 3.63) is 89.7 Å². The van der Waals surface area contributed by atoms with Gasteiger partial charge in [0.25, 0.3) is 5.91 Å². The Bertz CT molecular complexity index is 1280. The number of amides is 2. The van der Waals surface area contributed by atoms with Crippen LogP contribution in [0.1, 0.15) is 41.0 Å². The molecule has 37 heavy (non-hydrogen) atoms. The number of hydrazone groups is 1. The lowest BCUT2D eigenvalue weighted by molar-refractivity contribution is -0.0512. The summed E-state index contributed by atoms with van der Waals surface area (Å²) in [5.74, 6) is -0.411. The van der Waals surface area contributed by atoms with E-state index >= 15 is 0 Å². The lowest BCUT2D eigenvalue weighted by Gasteiger charge is -2.34. The predicted octanol–water partition coefficient (Wildman–Crippen LogP) is 5.47. The van der Waals surface area contributed by atoms with Crippen LogP contribution in [0.2, 0.25) is 0 Å². The fourth-order valence-corrected chi connectivity index (χ4v) is 4.75. The van der Waals surface area contributed by atoms with Crippen molar-refractivity contribution in [1.82, 2.24) is 15.3 Å². The zero-order valence-electron chi connectivity index (χ0n) is 20.0. The molecule has 1 N–H and O–H groups in total. The summed E-state index contributed by atoms with van der Waals surface area (Å²) in [6.45, 7) is -1.09. The Morgan fingerprint density at radius 2 is 1.84 bits per heavy atom. The molecule has 1 aromatic heterocycles. The smallest absolute Gasteiger partial charge is 0.387 e. The molecule has 11 heteroatoms. The first-order valence-corrected chi connectivity index (χ1v) is 12.3. The molecule has 0 fully saturated rings. The minimum absolute atomic E-state index is 0.106. The van der Waals surface area contributed by atoms with E-state index in [1.165, 1.54) is 30.6 Å². The molecule has 0 saturated carbocycles. The molecule has 0 aliphatic carbocycles. The molecule has 0 bridgehead atoms. The quantitative estimate of drug-likeness (QED) is 0.397. The number of thioether (sulfide) groups is 1. The number of hydrogen-bond donors (Lipinski definition) is 1. The second-order valence-electron chi connectivity index (χ2n) is 7.88. The number of nitrogens with zero attached hydrogens (tertiary/aromatic N) is 3. The molecular weight excluding hydrogens is 502 g/mol. The van der Waals surface area contributed by atoms with Gasteiger partial charge in [0.15, 0.2) is 17.7 Å². The van der Waals surface area contributed by atoms with Gasteiger partial charge in [-0.05, 0) is 42.3 Å². The Morgan fingerprint density at radius 1 is 1.11 bits per heavy atom. The Kier molecular flexibility index (Phi) is 8.34. The monoisotopic (exact) mass is 526 g/mol. The van der Waals surface area contributed by atoms with Gasteiger partial charge in [-0.2, -0.15) is 18.9 Å². The molecule has 0 saturated heterocycles. The molecule has 2 heterocycles. The fourth-order valence-electron chi connectivity index (χ4n) is 3.79. The SMILES string of the molecule is CCC1SC(=O)N(C(NC(=O)c2ccncc2)c2ccccc2)N=C1c1ccc(OC(F)F)c(OC)c1. The fraction of sp³-hybridized carbons (Fsp3) is 0.231. The van der Waals surface area contributed by atoms with Crippen molar-refractivity contribution >= 4 is 28.6 Å². The van der Waals surface area contributed by atoms with Gasteiger partial charge < -0.3 is 14.8 Å². The van der Waals surface area contributed by atoms with E-state index < -0.39 is 18.7 Å². The Balaban J connectivity index is 1.75. The van der Waals surface area contributed by atoms with E-state index in [9.17, 15) is 18.4 Å². The molecular formula is C26H24F2N4O4S. The van der Waals surface area contributed by atoms with Crippen LogP contribution in [0, 0.1) is 0 Å². The number of methoxy groups -OCH3 is 1. The van der Waals surface area contributed by atoms with Crippen molar-refractivity contribution < 1.29 is 27.8 Å². The number of alkyl halides is 2. The van der Waals surface area contributed by atoms with Crippen molar-refractivity contribution in [2.75, 3.05) is 7.11 Å². The van der Waals surface area contributed by atoms with E-state index in [0.717, 1.165) is 11.8 Å². The van der Waals surface area contributed by atoms with Gasteiger partial charge in [-0.1, -0.05) is 49.0 Å². The van der Waals surface area contributed by atoms with Crippen LogP contribution >= 0.6 is 11.8 Å². The van der Waals surface area contributed by atoms with Crippen LogP contribution in [0.3, 0.4) is 0 Å². The molecule has 2 aromatic carbocycles. The van der Waals surface area contributed by atoms with Crippen molar-refractivity contribution in [2.24, 2.45) is 5.10 Å². The highest BCUT2D eigenvalue weighted by atomic mass is 32.2. The first-order chi connectivity index (χ1) is 17.9. The lowest BCUT2D eigenvalue weighted by atomic mass is 10.0. The van der Waals surface area contributed by atoms with Crippen LogP contribution in [-0.4, -0.2) is 45.8 Å². The third kappa shape index (κ3) is 6.05. The third-order valence-electron chi connectivity index (χ3n) is 5.57. The molecule has 2 amide bonds. The number of carbonyl (C=O) groups is 2. The third-order valence-corrected chi connectivity index (χ3v) is 6.80. The maximum Gasteiger partial charge on any atom is 0.387 e. The summed E-state index contributed by atoms with van der Waals surface area (Å²) in [4.78, 5) is 30.2. The number of pyridine rings is 1. The highest BCUT2D eigenvalue weighted by molar-refractivity contribution is 8.14. The molecule has 0 radical (unpaired) electrons. The Labute approximate surface area is 216 Å². The van der Waals surface area contributed by atoms with Crippen molar-refractivity contribution in [3.63, 3.8) is 0 Å². The van der Waals surface area contributed by atoms with Gasteiger partial charge in [0, 0.05) is 23.5 Å². The number of rotatable bonds is 9. The van der Waals surface area contributed by atoms with Gasteiger partial charge in [0.05, 0.1) is 18.1 Å². The van der Waals surface area contributed by atoms with E-state index in [0.29, 0.717) is 28.8 Å². The number of halogens is 2. The van der Waals surface area contributed by atoms with Gasteiger partial charge in [0.1, 0.15) is 0 Å². The average molecular weight is 527 g/mol. The lowest BCUT2D eigenvalue weighted by Crippen LogP contribution is -2.44. The molecule has 3 aromatic rings. The molecule has 192 valence electrons. The van der Waals surface area contributed by atoms with Crippen LogP contribution < -0.4 is 14.8 Å². The minimum atomic E-state index is -3.01. The molecule has 4 rings (SSSR count). The number of benzene rings is 2. The molecule has 0 spiro atoms. The van der Waals surface area contributed by atoms with Gasteiger partial charge in [-0.3, -0.25) is 14.6 Å². The van der Waals surface area contributed by atoms with Crippen LogP contribution in [0.25, 0.3) is 0 Å². The van der Waals surface area contributed by atoms with Gasteiger partial charge in [0.2, 0.25) is 0 Å². The topological polar surface area (TPSA) is 93.1 Å². The summed E-state index contributed by atoms with van der Waals surface area (Å²) in [6.07, 6.45) is 2.69. The van der Waals surface area contributed by atoms with Crippen molar-refractivity contribution in [3.8, 4) is 11.5 Å². The first kappa shape index (κ1) is 26.1. The number of ether oxygens (including phenoxy) is 2. The summed E-state index contributed by atoms with van der Waals surface area (Å²) >= 11 is 1.07. The number of hydrogen-bond acceptors (Lipinski definition) is 7. The van der Waals surface area contributed by atoms with Gasteiger partial charge >= 0.3 is 11.9 Å². The Hall–Kier alpha value is -3.99. The maximum atomic E-state index is 13.3. The average Bonchev–Trinajstić information content (AvgIpc) is 2.92. The number of aromatic nitrogens is 1. The number of carbonyl (C=O) groups excluding carboxylic acids is 2. The molecule has 1 aliphatic rings. The predicted molar refractivity (Wildman–Crippen MR) is 136 cm³/mol. The normalized spacial score (nSPS) is 16.2. The summed E-state index contributed by atoms with van der Waals surface area (Å²) in [6, 6.07) is 16.7. The summed E-state index contributed by atoms with van der Waals surface area (Å²) in [7, 11) is 1.35. The summed E-state index contributed by atoms with van der Waals surface area (Å²) < 4.78 is 35.4.